The summed E-state index contributed by atoms with van der Waals surface area (Å²) in [5.74, 6) is 1.65. The van der Waals surface area contributed by atoms with Crippen LogP contribution in [-0.4, -0.2) is 32.8 Å². The summed E-state index contributed by atoms with van der Waals surface area (Å²) in [6.07, 6.45) is 4.98. The van der Waals surface area contributed by atoms with Gasteiger partial charge in [-0.25, -0.2) is 9.67 Å². The molecular weight excluding hydrogens is 382 g/mol. The van der Waals surface area contributed by atoms with Gasteiger partial charge in [0, 0.05) is 30.8 Å². The molecule has 2 aromatic heterocycles. The summed E-state index contributed by atoms with van der Waals surface area (Å²) >= 11 is 6.52. The number of hydrogen-bond donors (Lipinski definition) is 1. The average Bonchev–Trinajstić information content (AvgIpc) is 3.35. The van der Waals surface area contributed by atoms with E-state index < -0.39 is 0 Å². The van der Waals surface area contributed by atoms with Crippen molar-refractivity contribution in [1.82, 2.24) is 19.7 Å². The molecule has 0 spiro atoms. The summed E-state index contributed by atoms with van der Waals surface area (Å²) in [5, 5.41) is 5.48. The standard InChI is InChI=1S/C21H26ClN5.C2H6/c1-4-16-5-6-18(22)19(12-16)27-20(11-14(2)25-27)26-9-7-17(8-10-26)21-15(3)23-13-24-21;1-2/h5-6,11-13,17H,4,7-10H2,1-3H3,(H,23,24);1-2H3. The van der Waals surface area contributed by atoms with Crippen molar-refractivity contribution in [2.75, 3.05) is 18.0 Å². The highest BCUT2D eigenvalue weighted by Gasteiger charge is 2.26. The van der Waals surface area contributed by atoms with Gasteiger partial charge in [0.15, 0.2) is 0 Å². The predicted octanol–water partition coefficient (Wildman–Crippen LogP) is 5.84. The van der Waals surface area contributed by atoms with E-state index in [0.717, 1.165) is 54.6 Å². The Kier molecular flexibility index (Phi) is 7.01. The first-order chi connectivity index (χ1) is 14.1. The number of piperidine rings is 1. The number of aryl methyl sites for hydroxylation is 3. The third kappa shape index (κ3) is 4.50. The zero-order valence-corrected chi connectivity index (χ0v) is 18.9. The van der Waals surface area contributed by atoms with Crippen LogP contribution in [0.2, 0.25) is 5.02 Å². The molecule has 156 valence electrons. The summed E-state index contributed by atoms with van der Waals surface area (Å²) in [6.45, 7) is 12.3. The molecule has 1 fully saturated rings. The zero-order valence-electron chi connectivity index (χ0n) is 18.2. The van der Waals surface area contributed by atoms with Gasteiger partial charge in [0.1, 0.15) is 5.82 Å². The van der Waals surface area contributed by atoms with E-state index in [1.807, 2.05) is 31.5 Å². The summed E-state index contributed by atoms with van der Waals surface area (Å²) in [4.78, 5) is 10.2. The fourth-order valence-electron chi connectivity index (χ4n) is 3.99. The first-order valence-electron chi connectivity index (χ1n) is 10.7. The molecule has 0 atom stereocenters. The normalized spacial score (nSPS) is 14.6. The number of nitrogens with one attached hydrogen (secondary N) is 1. The van der Waals surface area contributed by atoms with Crippen molar-refractivity contribution in [3.63, 3.8) is 0 Å². The molecule has 1 N–H and O–H groups in total. The summed E-state index contributed by atoms with van der Waals surface area (Å²) in [7, 11) is 0. The molecule has 1 saturated heterocycles. The lowest BCUT2D eigenvalue weighted by Gasteiger charge is -2.33. The number of anilines is 1. The van der Waals surface area contributed by atoms with Crippen molar-refractivity contribution in [3.05, 3.63) is 58.3 Å². The van der Waals surface area contributed by atoms with E-state index in [4.69, 9.17) is 16.7 Å². The molecule has 3 heterocycles. The predicted molar refractivity (Wildman–Crippen MR) is 122 cm³/mol. The number of nitrogens with zero attached hydrogens (tertiary/aromatic N) is 4. The average molecular weight is 414 g/mol. The first-order valence-corrected chi connectivity index (χ1v) is 11.0. The molecule has 0 radical (unpaired) electrons. The van der Waals surface area contributed by atoms with Gasteiger partial charge < -0.3 is 9.88 Å². The van der Waals surface area contributed by atoms with Crippen LogP contribution in [0.5, 0.6) is 0 Å². The van der Waals surface area contributed by atoms with E-state index in [1.54, 1.807) is 6.33 Å². The lowest BCUT2D eigenvalue weighted by molar-refractivity contribution is 0.490. The highest BCUT2D eigenvalue weighted by atomic mass is 35.5. The van der Waals surface area contributed by atoms with E-state index in [9.17, 15) is 0 Å². The number of hydrogen-bond acceptors (Lipinski definition) is 3. The monoisotopic (exact) mass is 413 g/mol. The number of aromatic amines is 1. The SMILES string of the molecule is CC.CCc1ccc(Cl)c(-n2nc(C)cc2N2CCC(c3nc[nH]c3C)CC2)c1. The van der Waals surface area contributed by atoms with Crippen LogP contribution in [0, 0.1) is 13.8 Å². The van der Waals surface area contributed by atoms with Crippen LogP contribution in [0.3, 0.4) is 0 Å². The number of imidazole rings is 1. The van der Waals surface area contributed by atoms with Crippen LogP contribution in [0.15, 0.2) is 30.6 Å². The van der Waals surface area contributed by atoms with Crippen LogP contribution < -0.4 is 4.90 Å². The fraction of sp³-hybridized carbons (Fsp3) is 0.478. The molecular formula is C23H32ClN5. The molecule has 0 aliphatic carbocycles. The van der Waals surface area contributed by atoms with Crippen LogP contribution in [-0.2, 0) is 6.42 Å². The lowest BCUT2D eigenvalue weighted by Crippen LogP contribution is -2.34. The molecule has 0 bridgehead atoms. The van der Waals surface area contributed by atoms with E-state index in [-0.39, 0.29) is 0 Å². The molecule has 6 heteroatoms. The van der Waals surface area contributed by atoms with Crippen molar-refractivity contribution in [2.24, 2.45) is 0 Å². The van der Waals surface area contributed by atoms with Crippen LogP contribution in [0.25, 0.3) is 5.69 Å². The van der Waals surface area contributed by atoms with Gasteiger partial charge in [0.05, 0.1) is 28.4 Å². The fourth-order valence-corrected chi connectivity index (χ4v) is 4.19. The van der Waals surface area contributed by atoms with E-state index in [1.165, 1.54) is 17.0 Å². The molecule has 1 aliphatic rings. The Bertz CT molecular complexity index is 935. The van der Waals surface area contributed by atoms with Gasteiger partial charge in [0.2, 0.25) is 0 Å². The highest BCUT2D eigenvalue weighted by Crippen LogP contribution is 2.33. The Morgan fingerprint density at radius 1 is 1.14 bits per heavy atom. The molecule has 4 rings (SSSR count). The molecule has 0 unspecified atom stereocenters. The minimum atomic E-state index is 0.525. The minimum Gasteiger partial charge on any atom is -0.356 e. The molecule has 5 nitrogen and oxygen atoms in total. The maximum atomic E-state index is 6.52. The molecule has 1 aliphatic heterocycles. The maximum Gasteiger partial charge on any atom is 0.132 e. The van der Waals surface area contributed by atoms with Gasteiger partial charge in [-0.2, -0.15) is 5.10 Å². The van der Waals surface area contributed by atoms with Crippen molar-refractivity contribution in [1.29, 1.82) is 0 Å². The number of halogens is 1. The Morgan fingerprint density at radius 3 is 2.48 bits per heavy atom. The Hall–Kier alpha value is -2.27. The molecule has 29 heavy (non-hydrogen) atoms. The lowest BCUT2D eigenvalue weighted by atomic mass is 9.92. The summed E-state index contributed by atoms with van der Waals surface area (Å²) < 4.78 is 2.01. The van der Waals surface area contributed by atoms with Crippen molar-refractivity contribution >= 4 is 17.4 Å². The van der Waals surface area contributed by atoms with Crippen LogP contribution >= 0.6 is 11.6 Å². The van der Waals surface area contributed by atoms with Gasteiger partial charge in [-0.05, 0) is 50.8 Å². The van der Waals surface area contributed by atoms with Crippen molar-refractivity contribution < 1.29 is 0 Å². The van der Waals surface area contributed by atoms with Gasteiger partial charge in [-0.15, -0.1) is 0 Å². The Morgan fingerprint density at radius 2 is 1.86 bits per heavy atom. The topological polar surface area (TPSA) is 49.7 Å². The molecule has 3 aromatic rings. The van der Waals surface area contributed by atoms with Crippen LogP contribution in [0.1, 0.15) is 62.2 Å². The number of benzene rings is 1. The summed E-state index contributed by atoms with van der Waals surface area (Å²) in [5.41, 5.74) is 5.65. The minimum absolute atomic E-state index is 0.525. The smallest absolute Gasteiger partial charge is 0.132 e. The van der Waals surface area contributed by atoms with Gasteiger partial charge in [-0.1, -0.05) is 38.4 Å². The Labute approximate surface area is 179 Å². The molecule has 0 saturated carbocycles. The first kappa shape index (κ1) is 21.4. The van der Waals surface area contributed by atoms with E-state index in [2.05, 4.69) is 46.9 Å². The van der Waals surface area contributed by atoms with E-state index in [0.29, 0.717) is 5.92 Å². The van der Waals surface area contributed by atoms with Gasteiger partial charge >= 0.3 is 0 Å². The third-order valence-corrected chi connectivity index (χ3v) is 5.85. The zero-order chi connectivity index (χ0) is 21.0. The quantitative estimate of drug-likeness (QED) is 0.584. The number of rotatable bonds is 4. The Balaban J connectivity index is 0.00000117. The molecule has 1 aromatic carbocycles. The van der Waals surface area contributed by atoms with E-state index >= 15 is 0 Å². The van der Waals surface area contributed by atoms with Crippen molar-refractivity contribution in [2.45, 2.75) is 59.8 Å². The summed E-state index contributed by atoms with van der Waals surface area (Å²) in [6, 6.07) is 8.37. The van der Waals surface area contributed by atoms with Gasteiger partial charge in [0.25, 0.3) is 0 Å². The maximum absolute atomic E-state index is 6.52. The highest BCUT2D eigenvalue weighted by molar-refractivity contribution is 6.32. The van der Waals surface area contributed by atoms with Gasteiger partial charge in [-0.3, -0.25) is 0 Å². The second kappa shape index (κ2) is 9.49. The largest absolute Gasteiger partial charge is 0.356 e. The number of H-pyrrole nitrogens is 1. The second-order valence-corrected chi connectivity index (χ2v) is 7.78. The van der Waals surface area contributed by atoms with Crippen LogP contribution in [0.4, 0.5) is 5.82 Å². The second-order valence-electron chi connectivity index (χ2n) is 7.37. The third-order valence-electron chi connectivity index (χ3n) is 5.53. The molecule has 0 amide bonds. The van der Waals surface area contributed by atoms with Crippen molar-refractivity contribution in [3.8, 4) is 5.69 Å². The number of aromatic nitrogens is 4.